The summed E-state index contributed by atoms with van der Waals surface area (Å²) in [6.07, 6.45) is 0. The minimum absolute atomic E-state index is 0.0705. The first-order valence-electron chi connectivity index (χ1n) is 6.11. The van der Waals surface area contributed by atoms with Crippen LogP contribution in [0.2, 0.25) is 5.02 Å². The molecular formula is C15H9ClN4O. The summed E-state index contributed by atoms with van der Waals surface area (Å²) in [7, 11) is 0. The van der Waals surface area contributed by atoms with Crippen LogP contribution in [0, 0.1) is 11.3 Å². The van der Waals surface area contributed by atoms with E-state index in [-0.39, 0.29) is 11.6 Å². The smallest absolute Gasteiger partial charge is 0.259 e. The molecule has 0 spiro atoms. The SMILES string of the molecule is N#C/C(=N\Nc1ccc(Cl)cc1)c1nc2ccccc2o1. The van der Waals surface area contributed by atoms with E-state index in [1.54, 1.807) is 30.3 Å². The van der Waals surface area contributed by atoms with Gasteiger partial charge < -0.3 is 4.42 Å². The standard InChI is InChI=1S/C15H9ClN4O/c16-10-5-7-11(8-6-10)19-20-13(9-17)15-18-12-3-1-2-4-14(12)21-15/h1-8,19H/b20-13+. The predicted octanol–water partition coefficient (Wildman–Crippen LogP) is 3.82. The second-order valence-corrected chi connectivity index (χ2v) is 4.61. The molecule has 0 aliphatic carbocycles. The summed E-state index contributed by atoms with van der Waals surface area (Å²) in [6.45, 7) is 0. The Morgan fingerprint density at radius 1 is 1.19 bits per heavy atom. The van der Waals surface area contributed by atoms with E-state index in [1.807, 2.05) is 24.3 Å². The van der Waals surface area contributed by atoms with Crippen LogP contribution in [0.15, 0.2) is 58.0 Å². The van der Waals surface area contributed by atoms with E-state index in [1.165, 1.54) is 0 Å². The van der Waals surface area contributed by atoms with Gasteiger partial charge in [0.15, 0.2) is 5.58 Å². The molecule has 2 aromatic carbocycles. The predicted molar refractivity (Wildman–Crippen MR) is 81.2 cm³/mol. The highest BCUT2D eigenvalue weighted by atomic mass is 35.5. The molecule has 0 aliphatic rings. The van der Waals surface area contributed by atoms with Gasteiger partial charge >= 0.3 is 0 Å². The molecule has 6 heteroatoms. The van der Waals surface area contributed by atoms with Crippen molar-refractivity contribution in [3.05, 3.63) is 59.4 Å². The zero-order chi connectivity index (χ0) is 14.7. The van der Waals surface area contributed by atoms with E-state index in [0.717, 1.165) is 0 Å². The Balaban J connectivity index is 1.89. The molecule has 0 unspecified atom stereocenters. The largest absolute Gasteiger partial charge is 0.434 e. The lowest BCUT2D eigenvalue weighted by Gasteiger charge is -1.99. The van der Waals surface area contributed by atoms with Gasteiger partial charge in [-0.05, 0) is 36.4 Å². The highest BCUT2D eigenvalue weighted by Gasteiger charge is 2.11. The average Bonchev–Trinajstić information content (AvgIpc) is 2.93. The minimum Gasteiger partial charge on any atom is -0.434 e. The lowest BCUT2D eigenvalue weighted by molar-refractivity contribution is 0.591. The molecule has 3 rings (SSSR count). The summed E-state index contributed by atoms with van der Waals surface area (Å²) in [4.78, 5) is 4.23. The zero-order valence-electron chi connectivity index (χ0n) is 10.7. The number of benzene rings is 2. The van der Waals surface area contributed by atoms with E-state index >= 15 is 0 Å². The maximum atomic E-state index is 9.18. The van der Waals surface area contributed by atoms with Gasteiger partial charge in [-0.2, -0.15) is 10.4 Å². The number of hydrogen-bond acceptors (Lipinski definition) is 5. The molecule has 21 heavy (non-hydrogen) atoms. The molecule has 102 valence electrons. The monoisotopic (exact) mass is 296 g/mol. The summed E-state index contributed by atoms with van der Waals surface area (Å²) in [5.41, 5.74) is 4.85. The van der Waals surface area contributed by atoms with Crippen LogP contribution in [-0.2, 0) is 0 Å². The first-order chi connectivity index (χ1) is 10.3. The molecule has 0 atom stereocenters. The molecule has 1 aromatic heterocycles. The molecule has 0 aliphatic heterocycles. The number of aromatic nitrogens is 1. The number of nitrogens with zero attached hydrogens (tertiary/aromatic N) is 3. The third kappa shape index (κ3) is 2.86. The third-order valence-corrected chi connectivity index (χ3v) is 3.00. The third-order valence-electron chi connectivity index (χ3n) is 2.74. The molecule has 1 heterocycles. The lowest BCUT2D eigenvalue weighted by atomic mass is 10.3. The molecule has 0 fully saturated rings. The van der Waals surface area contributed by atoms with Gasteiger partial charge in [-0.1, -0.05) is 23.7 Å². The van der Waals surface area contributed by atoms with Crippen LogP contribution in [0.25, 0.3) is 11.1 Å². The zero-order valence-corrected chi connectivity index (χ0v) is 11.5. The summed E-state index contributed by atoms with van der Waals surface area (Å²) in [5, 5.41) is 13.8. The van der Waals surface area contributed by atoms with Crippen molar-refractivity contribution in [1.82, 2.24) is 4.98 Å². The van der Waals surface area contributed by atoms with Gasteiger partial charge in [0, 0.05) is 5.02 Å². The van der Waals surface area contributed by atoms with Crippen LogP contribution >= 0.6 is 11.6 Å². The summed E-state index contributed by atoms with van der Waals surface area (Å²) in [5.74, 6) is 0.181. The highest BCUT2D eigenvalue weighted by Crippen LogP contribution is 2.16. The quantitative estimate of drug-likeness (QED) is 0.589. The van der Waals surface area contributed by atoms with Gasteiger partial charge in [0.1, 0.15) is 11.6 Å². The van der Waals surface area contributed by atoms with Gasteiger partial charge in [-0.25, -0.2) is 4.98 Å². The van der Waals surface area contributed by atoms with Crippen molar-refractivity contribution in [2.45, 2.75) is 0 Å². The Morgan fingerprint density at radius 2 is 1.95 bits per heavy atom. The number of oxazole rings is 1. The van der Waals surface area contributed by atoms with Crippen molar-refractivity contribution >= 4 is 34.1 Å². The average molecular weight is 297 g/mol. The number of anilines is 1. The first-order valence-corrected chi connectivity index (χ1v) is 6.49. The minimum atomic E-state index is 0.0705. The Morgan fingerprint density at radius 3 is 2.67 bits per heavy atom. The molecule has 1 N–H and O–H groups in total. The van der Waals surface area contributed by atoms with E-state index in [9.17, 15) is 5.26 Å². The number of para-hydroxylation sites is 2. The van der Waals surface area contributed by atoms with Crippen molar-refractivity contribution in [3.63, 3.8) is 0 Å². The Kier molecular flexibility index (Phi) is 3.54. The second-order valence-electron chi connectivity index (χ2n) is 4.18. The van der Waals surface area contributed by atoms with Crippen molar-refractivity contribution in [2.24, 2.45) is 5.10 Å². The molecule has 0 saturated heterocycles. The van der Waals surface area contributed by atoms with E-state index in [2.05, 4.69) is 15.5 Å². The van der Waals surface area contributed by atoms with Crippen LogP contribution in [-0.4, -0.2) is 10.7 Å². The van der Waals surface area contributed by atoms with E-state index < -0.39 is 0 Å². The highest BCUT2D eigenvalue weighted by molar-refractivity contribution is 6.30. The van der Waals surface area contributed by atoms with Crippen molar-refractivity contribution in [1.29, 1.82) is 5.26 Å². The maximum absolute atomic E-state index is 9.18. The molecule has 0 saturated carbocycles. The second kappa shape index (κ2) is 5.65. The topological polar surface area (TPSA) is 74.2 Å². The van der Waals surface area contributed by atoms with Crippen LogP contribution in [0.4, 0.5) is 5.69 Å². The lowest BCUT2D eigenvalue weighted by Crippen LogP contribution is -2.01. The summed E-state index contributed by atoms with van der Waals surface area (Å²) in [6, 6.07) is 16.2. The fraction of sp³-hybridized carbons (Fsp3) is 0. The Hall–Kier alpha value is -2.84. The van der Waals surface area contributed by atoms with Gasteiger partial charge in [-0.15, -0.1) is 0 Å². The van der Waals surface area contributed by atoms with Crippen molar-refractivity contribution in [2.75, 3.05) is 5.43 Å². The molecule has 0 radical (unpaired) electrons. The Labute approximate surface area is 125 Å². The summed E-state index contributed by atoms with van der Waals surface area (Å²) >= 11 is 5.80. The fourth-order valence-electron chi connectivity index (χ4n) is 1.74. The number of nitriles is 1. The molecule has 3 aromatic rings. The molecular weight excluding hydrogens is 288 g/mol. The van der Waals surface area contributed by atoms with Crippen LogP contribution in [0.5, 0.6) is 0 Å². The molecule has 0 bridgehead atoms. The van der Waals surface area contributed by atoms with Crippen molar-refractivity contribution < 1.29 is 4.42 Å². The van der Waals surface area contributed by atoms with Crippen LogP contribution < -0.4 is 5.43 Å². The normalized spacial score (nSPS) is 11.3. The first kappa shape index (κ1) is 13.2. The molecule has 5 nitrogen and oxygen atoms in total. The number of rotatable bonds is 3. The number of hydrogen-bond donors (Lipinski definition) is 1. The number of halogens is 1. The number of hydrazone groups is 1. The van der Waals surface area contributed by atoms with E-state index in [0.29, 0.717) is 21.8 Å². The molecule has 0 amide bonds. The number of fused-ring (bicyclic) bond motifs is 1. The van der Waals surface area contributed by atoms with E-state index in [4.69, 9.17) is 16.0 Å². The van der Waals surface area contributed by atoms with Crippen molar-refractivity contribution in [3.8, 4) is 6.07 Å². The van der Waals surface area contributed by atoms with Gasteiger partial charge in [0.2, 0.25) is 5.71 Å². The van der Waals surface area contributed by atoms with Gasteiger partial charge in [-0.3, -0.25) is 5.43 Å². The fourth-order valence-corrected chi connectivity index (χ4v) is 1.87. The summed E-state index contributed by atoms with van der Waals surface area (Å²) < 4.78 is 5.50. The van der Waals surface area contributed by atoms with Crippen LogP contribution in [0.1, 0.15) is 5.89 Å². The maximum Gasteiger partial charge on any atom is 0.259 e. The number of nitrogens with one attached hydrogen (secondary N) is 1. The van der Waals surface area contributed by atoms with Crippen LogP contribution in [0.3, 0.4) is 0 Å². The Bertz CT molecular complexity index is 813. The van der Waals surface area contributed by atoms with Gasteiger partial charge in [0.05, 0.1) is 5.69 Å². The van der Waals surface area contributed by atoms with Gasteiger partial charge in [0.25, 0.3) is 5.89 Å².